The van der Waals surface area contributed by atoms with Crippen molar-refractivity contribution >= 4 is 0 Å². The molecule has 1 rings (SSSR count). The summed E-state index contributed by atoms with van der Waals surface area (Å²) in [6.07, 6.45) is 1.54. The molecule has 1 aromatic carbocycles. The topological polar surface area (TPSA) is 33.0 Å². The zero-order chi connectivity index (χ0) is 11.1. The van der Waals surface area contributed by atoms with E-state index in [0.717, 1.165) is 12.2 Å². The quantitative estimate of drug-likeness (QED) is 0.686. The van der Waals surface area contributed by atoms with Crippen molar-refractivity contribution < 1.29 is 4.74 Å². The standard InChI is InChI=1S/C13H17NO/c1-3-11(2)12-7-4-5-8-13(12)15-10-6-9-14/h4-5,7-8,11H,3,6,10H2,1-2H3/t11-/m1/s1. The minimum Gasteiger partial charge on any atom is -0.492 e. The summed E-state index contributed by atoms with van der Waals surface area (Å²) in [5, 5.41) is 8.44. The van der Waals surface area contributed by atoms with E-state index < -0.39 is 0 Å². The van der Waals surface area contributed by atoms with Gasteiger partial charge in [-0.15, -0.1) is 0 Å². The highest BCUT2D eigenvalue weighted by molar-refractivity contribution is 5.35. The molecule has 0 heterocycles. The first kappa shape index (κ1) is 11.6. The molecule has 0 radical (unpaired) electrons. The normalized spacial score (nSPS) is 11.8. The zero-order valence-corrected chi connectivity index (χ0v) is 9.36. The molecule has 0 unspecified atom stereocenters. The van der Waals surface area contributed by atoms with E-state index in [2.05, 4.69) is 26.0 Å². The molecule has 0 spiro atoms. The summed E-state index contributed by atoms with van der Waals surface area (Å²) in [6, 6.07) is 10.1. The fraction of sp³-hybridized carbons (Fsp3) is 0.462. The van der Waals surface area contributed by atoms with Gasteiger partial charge in [0, 0.05) is 0 Å². The van der Waals surface area contributed by atoms with Crippen LogP contribution in [0.3, 0.4) is 0 Å². The summed E-state index contributed by atoms with van der Waals surface area (Å²) in [6.45, 7) is 4.83. The van der Waals surface area contributed by atoms with Crippen LogP contribution in [0.2, 0.25) is 0 Å². The molecule has 0 fully saturated rings. The minimum atomic E-state index is 0.439. The molecule has 0 aliphatic rings. The number of hydrogen-bond acceptors (Lipinski definition) is 2. The summed E-state index contributed by atoms with van der Waals surface area (Å²) in [7, 11) is 0. The number of ether oxygens (including phenoxy) is 1. The Kier molecular flexibility index (Phi) is 4.70. The van der Waals surface area contributed by atoms with Crippen LogP contribution < -0.4 is 4.74 Å². The van der Waals surface area contributed by atoms with Gasteiger partial charge in [-0.2, -0.15) is 5.26 Å². The largest absolute Gasteiger partial charge is 0.492 e. The second-order valence-electron chi connectivity index (χ2n) is 3.60. The van der Waals surface area contributed by atoms with Gasteiger partial charge < -0.3 is 4.74 Å². The fourth-order valence-corrected chi connectivity index (χ4v) is 1.45. The molecule has 0 saturated carbocycles. The summed E-state index contributed by atoms with van der Waals surface area (Å²) >= 11 is 0. The maximum Gasteiger partial charge on any atom is 0.122 e. The van der Waals surface area contributed by atoms with E-state index in [4.69, 9.17) is 10.00 Å². The Bertz CT molecular complexity index is 341. The monoisotopic (exact) mass is 203 g/mol. The molecular formula is C13H17NO. The molecule has 2 nitrogen and oxygen atoms in total. The van der Waals surface area contributed by atoms with E-state index in [1.54, 1.807) is 0 Å². The number of para-hydroxylation sites is 1. The number of benzene rings is 1. The molecule has 0 aromatic heterocycles. The minimum absolute atomic E-state index is 0.439. The number of hydrogen-bond donors (Lipinski definition) is 0. The van der Waals surface area contributed by atoms with Gasteiger partial charge in [-0.05, 0) is 24.0 Å². The van der Waals surface area contributed by atoms with Crippen LogP contribution in [0.5, 0.6) is 5.75 Å². The molecule has 0 aliphatic heterocycles. The number of rotatable bonds is 5. The smallest absolute Gasteiger partial charge is 0.122 e. The van der Waals surface area contributed by atoms with Crippen molar-refractivity contribution in [2.24, 2.45) is 0 Å². The Morgan fingerprint density at radius 1 is 1.40 bits per heavy atom. The van der Waals surface area contributed by atoms with E-state index in [1.807, 2.05) is 18.2 Å². The van der Waals surface area contributed by atoms with Gasteiger partial charge in [-0.1, -0.05) is 32.0 Å². The van der Waals surface area contributed by atoms with E-state index >= 15 is 0 Å². The van der Waals surface area contributed by atoms with Crippen LogP contribution in [0.4, 0.5) is 0 Å². The lowest BCUT2D eigenvalue weighted by Crippen LogP contribution is -2.01. The SMILES string of the molecule is CC[C@@H](C)c1ccccc1OCCC#N. The molecule has 0 bridgehead atoms. The van der Waals surface area contributed by atoms with Crippen LogP contribution in [0.25, 0.3) is 0 Å². The Labute approximate surface area is 91.5 Å². The Morgan fingerprint density at radius 2 is 2.13 bits per heavy atom. The Balaban J connectivity index is 2.73. The third kappa shape index (κ3) is 3.28. The van der Waals surface area contributed by atoms with Crippen LogP contribution in [-0.2, 0) is 0 Å². The van der Waals surface area contributed by atoms with Gasteiger partial charge in [-0.3, -0.25) is 0 Å². The first-order chi connectivity index (χ1) is 7.29. The molecular weight excluding hydrogens is 186 g/mol. The van der Waals surface area contributed by atoms with Crippen molar-refractivity contribution in [3.05, 3.63) is 29.8 Å². The maximum absolute atomic E-state index is 8.44. The van der Waals surface area contributed by atoms with Crippen LogP contribution in [0.15, 0.2) is 24.3 Å². The highest BCUT2D eigenvalue weighted by atomic mass is 16.5. The van der Waals surface area contributed by atoms with Crippen LogP contribution in [0.1, 0.15) is 38.2 Å². The first-order valence-electron chi connectivity index (χ1n) is 5.38. The molecule has 1 atom stereocenters. The predicted molar refractivity (Wildman–Crippen MR) is 60.9 cm³/mol. The lowest BCUT2D eigenvalue weighted by atomic mass is 9.98. The highest BCUT2D eigenvalue weighted by Gasteiger charge is 2.08. The van der Waals surface area contributed by atoms with E-state index in [-0.39, 0.29) is 0 Å². The van der Waals surface area contributed by atoms with E-state index in [1.165, 1.54) is 5.56 Å². The third-order valence-electron chi connectivity index (χ3n) is 2.53. The van der Waals surface area contributed by atoms with Crippen molar-refractivity contribution in [3.63, 3.8) is 0 Å². The zero-order valence-electron chi connectivity index (χ0n) is 9.36. The predicted octanol–water partition coefficient (Wildman–Crippen LogP) is 3.49. The molecule has 15 heavy (non-hydrogen) atoms. The van der Waals surface area contributed by atoms with Gasteiger partial charge in [0.15, 0.2) is 0 Å². The average Bonchev–Trinajstić information content (AvgIpc) is 2.29. The van der Waals surface area contributed by atoms with Crippen LogP contribution >= 0.6 is 0 Å². The van der Waals surface area contributed by atoms with Crippen LogP contribution in [0, 0.1) is 11.3 Å². The van der Waals surface area contributed by atoms with Gasteiger partial charge in [0.25, 0.3) is 0 Å². The van der Waals surface area contributed by atoms with Gasteiger partial charge in [-0.25, -0.2) is 0 Å². The summed E-state index contributed by atoms with van der Waals surface area (Å²) in [5.41, 5.74) is 1.23. The van der Waals surface area contributed by atoms with Crippen molar-refractivity contribution in [2.45, 2.75) is 32.6 Å². The molecule has 2 heteroatoms. The molecule has 0 N–H and O–H groups in total. The molecule has 0 amide bonds. The lowest BCUT2D eigenvalue weighted by molar-refractivity contribution is 0.321. The van der Waals surface area contributed by atoms with E-state index in [9.17, 15) is 0 Å². The molecule has 0 saturated heterocycles. The average molecular weight is 203 g/mol. The highest BCUT2D eigenvalue weighted by Crippen LogP contribution is 2.28. The molecule has 1 aromatic rings. The second kappa shape index (κ2) is 6.08. The van der Waals surface area contributed by atoms with Crippen molar-refractivity contribution in [2.75, 3.05) is 6.61 Å². The Morgan fingerprint density at radius 3 is 2.80 bits per heavy atom. The van der Waals surface area contributed by atoms with Gasteiger partial charge in [0.2, 0.25) is 0 Å². The lowest BCUT2D eigenvalue weighted by Gasteiger charge is -2.14. The summed E-state index contributed by atoms with van der Waals surface area (Å²) < 4.78 is 5.58. The van der Waals surface area contributed by atoms with Gasteiger partial charge in [0.05, 0.1) is 12.5 Å². The van der Waals surface area contributed by atoms with Crippen molar-refractivity contribution in [1.82, 2.24) is 0 Å². The third-order valence-corrected chi connectivity index (χ3v) is 2.53. The van der Waals surface area contributed by atoms with E-state index in [0.29, 0.717) is 18.9 Å². The Hall–Kier alpha value is -1.49. The van der Waals surface area contributed by atoms with Crippen LogP contribution in [-0.4, -0.2) is 6.61 Å². The second-order valence-corrected chi connectivity index (χ2v) is 3.60. The van der Waals surface area contributed by atoms with Gasteiger partial charge >= 0.3 is 0 Å². The number of nitrogens with zero attached hydrogens (tertiary/aromatic N) is 1. The summed E-state index contributed by atoms with van der Waals surface area (Å²) in [5.74, 6) is 1.42. The fourth-order valence-electron chi connectivity index (χ4n) is 1.45. The van der Waals surface area contributed by atoms with Gasteiger partial charge in [0.1, 0.15) is 12.4 Å². The van der Waals surface area contributed by atoms with Crippen molar-refractivity contribution in [3.8, 4) is 11.8 Å². The molecule has 0 aliphatic carbocycles. The maximum atomic E-state index is 8.44. The van der Waals surface area contributed by atoms with Crippen molar-refractivity contribution in [1.29, 1.82) is 5.26 Å². The first-order valence-corrected chi connectivity index (χ1v) is 5.38. The number of nitriles is 1. The molecule has 80 valence electrons. The summed E-state index contributed by atoms with van der Waals surface area (Å²) in [4.78, 5) is 0.